The molecule has 2 heteroatoms. The van der Waals surface area contributed by atoms with Crippen molar-refractivity contribution in [3.63, 3.8) is 0 Å². The van der Waals surface area contributed by atoms with Crippen LogP contribution in [0, 0.1) is 13.8 Å². The van der Waals surface area contributed by atoms with Gasteiger partial charge in [-0.05, 0) is 61.4 Å². The van der Waals surface area contributed by atoms with Gasteiger partial charge in [0.2, 0.25) is 0 Å². The van der Waals surface area contributed by atoms with E-state index in [1.165, 1.54) is 16.7 Å². The number of nitrogens with zero attached hydrogens (tertiary/aromatic N) is 1. The molecule has 0 aromatic heterocycles. The van der Waals surface area contributed by atoms with Crippen LogP contribution in [0.25, 0.3) is 5.57 Å². The SMILES string of the molecule is Cc1ccc(N(c2ccc(C)cc2)c2ccc(C3=CC=CCC3=S)cc2)cc1. The van der Waals surface area contributed by atoms with Crippen molar-refractivity contribution in [3.05, 3.63) is 108 Å². The normalized spacial score (nSPS) is 13.4. The van der Waals surface area contributed by atoms with Crippen LogP contribution in [0.1, 0.15) is 23.1 Å². The molecule has 0 aliphatic heterocycles. The van der Waals surface area contributed by atoms with E-state index in [2.05, 4.69) is 110 Å². The Morgan fingerprint density at radius 3 is 1.61 bits per heavy atom. The smallest absolute Gasteiger partial charge is 0.0462 e. The molecule has 0 saturated heterocycles. The van der Waals surface area contributed by atoms with Crippen molar-refractivity contribution in [1.29, 1.82) is 0 Å². The Morgan fingerprint density at radius 1 is 0.679 bits per heavy atom. The van der Waals surface area contributed by atoms with E-state index in [0.29, 0.717) is 0 Å². The number of rotatable bonds is 4. The second-order valence-electron chi connectivity index (χ2n) is 7.19. The first-order valence-electron chi connectivity index (χ1n) is 9.56. The zero-order chi connectivity index (χ0) is 19.5. The highest BCUT2D eigenvalue weighted by atomic mass is 32.1. The topological polar surface area (TPSA) is 3.24 Å². The Hall–Kier alpha value is -2.97. The molecule has 0 N–H and O–H groups in total. The van der Waals surface area contributed by atoms with Gasteiger partial charge in [0, 0.05) is 28.3 Å². The van der Waals surface area contributed by atoms with Crippen molar-refractivity contribution >= 4 is 39.7 Å². The van der Waals surface area contributed by atoms with Gasteiger partial charge >= 0.3 is 0 Å². The van der Waals surface area contributed by atoms with E-state index in [0.717, 1.165) is 33.9 Å². The predicted octanol–water partition coefficient (Wildman–Crippen LogP) is 7.49. The third kappa shape index (κ3) is 3.83. The lowest BCUT2D eigenvalue weighted by molar-refractivity contribution is 1.27. The number of thiocarbonyl (C=S) groups is 1. The molecule has 0 spiro atoms. The van der Waals surface area contributed by atoms with Crippen LogP contribution < -0.4 is 4.90 Å². The van der Waals surface area contributed by atoms with Gasteiger partial charge in [-0.2, -0.15) is 0 Å². The summed E-state index contributed by atoms with van der Waals surface area (Å²) in [6.07, 6.45) is 7.15. The largest absolute Gasteiger partial charge is 0.311 e. The summed E-state index contributed by atoms with van der Waals surface area (Å²) in [5.74, 6) is 0. The van der Waals surface area contributed by atoms with Gasteiger partial charge in [0.25, 0.3) is 0 Å². The van der Waals surface area contributed by atoms with E-state index in [1.54, 1.807) is 0 Å². The molecule has 0 fully saturated rings. The number of hydrogen-bond donors (Lipinski definition) is 0. The maximum absolute atomic E-state index is 5.54. The molecule has 138 valence electrons. The summed E-state index contributed by atoms with van der Waals surface area (Å²) in [6, 6.07) is 26.0. The summed E-state index contributed by atoms with van der Waals surface area (Å²) in [5, 5.41) is 0. The Kier molecular flexibility index (Phi) is 5.23. The maximum atomic E-state index is 5.54. The Balaban J connectivity index is 1.75. The lowest BCUT2D eigenvalue weighted by Gasteiger charge is -2.26. The van der Waals surface area contributed by atoms with Crippen LogP contribution in [-0.4, -0.2) is 4.86 Å². The first-order chi connectivity index (χ1) is 13.6. The summed E-state index contributed by atoms with van der Waals surface area (Å²) in [5.41, 5.74) is 8.28. The van der Waals surface area contributed by atoms with E-state index >= 15 is 0 Å². The average Bonchev–Trinajstić information content (AvgIpc) is 2.72. The Labute approximate surface area is 172 Å². The zero-order valence-corrected chi connectivity index (χ0v) is 17.0. The number of allylic oxidation sites excluding steroid dienone is 4. The fraction of sp³-hybridized carbons (Fsp3) is 0.115. The first kappa shape index (κ1) is 18.4. The van der Waals surface area contributed by atoms with Crippen molar-refractivity contribution in [3.8, 4) is 0 Å². The highest BCUT2D eigenvalue weighted by Gasteiger charge is 2.14. The second-order valence-corrected chi connectivity index (χ2v) is 7.68. The third-order valence-electron chi connectivity index (χ3n) is 5.02. The van der Waals surface area contributed by atoms with Crippen molar-refractivity contribution in [2.75, 3.05) is 4.90 Å². The molecule has 3 aromatic carbocycles. The van der Waals surface area contributed by atoms with Crippen molar-refractivity contribution in [2.24, 2.45) is 0 Å². The fourth-order valence-electron chi connectivity index (χ4n) is 3.42. The highest BCUT2D eigenvalue weighted by molar-refractivity contribution is 7.81. The van der Waals surface area contributed by atoms with Gasteiger partial charge in [-0.1, -0.05) is 78.0 Å². The number of hydrogen-bond acceptors (Lipinski definition) is 2. The molecule has 1 aliphatic rings. The molecule has 0 amide bonds. The molecule has 0 heterocycles. The van der Waals surface area contributed by atoms with Crippen LogP contribution in [0.15, 0.2) is 91.0 Å². The van der Waals surface area contributed by atoms with Crippen molar-refractivity contribution in [1.82, 2.24) is 0 Å². The van der Waals surface area contributed by atoms with Crippen LogP contribution in [0.4, 0.5) is 17.1 Å². The van der Waals surface area contributed by atoms with Crippen LogP contribution in [0.2, 0.25) is 0 Å². The minimum Gasteiger partial charge on any atom is -0.311 e. The van der Waals surface area contributed by atoms with E-state index < -0.39 is 0 Å². The minimum absolute atomic E-state index is 0.849. The van der Waals surface area contributed by atoms with Crippen LogP contribution >= 0.6 is 12.2 Å². The summed E-state index contributed by atoms with van der Waals surface area (Å²) in [4.78, 5) is 3.29. The average molecular weight is 382 g/mol. The molecule has 0 bridgehead atoms. The molecule has 28 heavy (non-hydrogen) atoms. The summed E-state index contributed by atoms with van der Waals surface area (Å²) < 4.78 is 0. The highest BCUT2D eigenvalue weighted by Crippen LogP contribution is 2.35. The van der Waals surface area contributed by atoms with E-state index in [4.69, 9.17) is 12.2 Å². The Bertz CT molecular complexity index is 994. The molecular weight excluding hydrogens is 358 g/mol. The van der Waals surface area contributed by atoms with E-state index in [9.17, 15) is 0 Å². The van der Waals surface area contributed by atoms with Crippen molar-refractivity contribution < 1.29 is 0 Å². The van der Waals surface area contributed by atoms with E-state index in [1.807, 2.05) is 0 Å². The lowest BCUT2D eigenvalue weighted by atomic mass is 9.97. The van der Waals surface area contributed by atoms with Crippen LogP contribution in [0.5, 0.6) is 0 Å². The zero-order valence-electron chi connectivity index (χ0n) is 16.2. The molecule has 0 atom stereocenters. The van der Waals surface area contributed by atoms with Gasteiger partial charge in [0.1, 0.15) is 0 Å². The maximum Gasteiger partial charge on any atom is 0.0462 e. The minimum atomic E-state index is 0.849. The van der Waals surface area contributed by atoms with E-state index in [-0.39, 0.29) is 0 Å². The molecule has 1 aliphatic carbocycles. The van der Waals surface area contributed by atoms with Gasteiger partial charge in [-0.25, -0.2) is 0 Å². The first-order valence-corrected chi connectivity index (χ1v) is 9.96. The quantitative estimate of drug-likeness (QED) is 0.431. The van der Waals surface area contributed by atoms with Gasteiger partial charge in [0.15, 0.2) is 0 Å². The van der Waals surface area contributed by atoms with Gasteiger partial charge < -0.3 is 4.90 Å². The molecule has 1 nitrogen and oxygen atoms in total. The number of aryl methyl sites for hydroxylation is 2. The predicted molar refractivity (Wildman–Crippen MR) is 125 cm³/mol. The summed E-state index contributed by atoms with van der Waals surface area (Å²) in [6.45, 7) is 4.23. The molecule has 0 unspecified atom stereocenters. The van der Waals surface area contributed by atoms with Crippen LogP contribution in [0.3, 0.4) is 0 Å². The summed E-state index contributed by atoms with van der Waals surface area (Å²) >= 11 is 5.54. The standard InChI is InChI=1S/C26H23NS/c1-19-7-13-22(14-8-19)27(23-15-9-20(2)10-16-23)24-17-11-21(12-18-24)25-5-3-4-6-26(25)28/h3-5,7-18H,6H2,1-2H3. The Morgan fingerprint density at radius 2 is 1.14 bits per heavy atom. The number of benzene rings is 3. The molecule has 4 rings (SSSR count). The van der Waals surface area contributed by atoms with Crippen molar-refractivity contribution in [2.45, 2.75) is 20.3 Å². The van der Waals surface area contributed by atoms with Gasteiger partial charge in [0.05, 0.1) is 0 Å². The van der Waals surface area contributed by atoms with Gasteiger partial charge in [-0.15, -0.1) is 0 Å². The van der Waals surface area contributed by atoms with Gasteiger partial charge in [-0.3, -0.25) is 0 Å². The molecule has 3 aromatic rings. The third-order valence-corrected chi connectivity index (χ3v) is 5.41. The second kappa shape index (κ2) is 7.95. The summed E-state index contributed by atoms with van der Waals surface area (Å²) in [7, 11) is 0. The molecule has 0 radical (unpaired) electrons. The number of anilines is 3. The lowest BCUT2D eigenvalue weighted by Crippen LogP contribution is -2.10. The molecule has 0 saturated carbocycles. The molecular formula is C26H23NS. The monoisotopic (exact) mass is 381 g/mol. The van der Waals surface area contributed by atoms with Crippen LogP contribution in [-0.2, 0) is 0 Å². The fourth-order valence-corrected chi connectivity index (χ4v) is 3.71.